The van der Waals surface area contributed by atoms with Gasteiger partial charge in [0.25, 0.3) is 0 Å². The molecule has 2 nitrogen and oxygen atoms in total. The van der Waals surface area contributed by atoms with Gasteiger partial charge in [-0.1, -0.05) is 26.2 Å². The van der Waals surface area contributed by atoms with Crippen molar-refractivity contribution in [1.82, 2.24) is 5.32 Å². The van der Waals surface area contributed by atoms with E-state index in [0.29, 0.717) is 17.6 Å². The van der Waals surface area contributed by atoms with Gasteiger partial charge < -0.3 is 5.32 Å². The predicted octanol–water partition coefficient (Wildman–Crippen LogP) is 2.77. The summed E-state index contributed by atoms with van der Waals surface area (Å²) in [6, 6.07) is 0. The third-order valence-electron chi connectivity index (χ3n) is 4.01. The summed E-state index contributed by atoms with van der Waals surface area (Å²) in [5.41, 5.74) is -0.352. The first-order valence-corrected chi connectivity index (χ1v) is 6.26. The lowest BCUT2D eigenvalue weighted by Crippen LogP contribution is -2.49. The Morgan fingerprint density at radius 3 is 2.47 bits per heavy atom. The molecule has 88 valence electrons. The van der Waals surface area contributed by atoms with Crippen LogP contribution in [0.3, 0.4) is 0 Å². The van der Waals surface area contributed by atoms with Crippen LogP contribution in [-0.2, 0) is 4.79 Å². The summed E-state index contributed by atoms with van der Waals surface area (Å²) in [5, 5.41) is 3.13. The van der Waals surface area contributed by atoms with E-state index < -0.39 is 0 Å². The van der Waals surface area contributed by atoms with E-state index in [0.717, 1.165) is 12.8 Å². The highest BCUT2D eigenvalue weighted by Crippen LogP contribution is 2.34. The van der Waals surface area contributed by atoms with Gasteiger partial charge in [-0.15, -0.1) is 0 Å². The first-order chi connectivity index (χ1) is 7.03. The number of hydrogen-bond donors (Lipinski definition) is 1. The molecule has 15 heavy (non-hydrogen) atoms. The molecule has 1 rings (SSSR count). The second-order valence-corrected chi connectivity index (χ2v) is 5.30. The lowest BCUT2D eigenvalue weighted by atomic mass is 9.72. The number of rotatable bonds is 4. The van der Waals surface area contributed by atoms with E-state index in [1.807, 2.05) is 20.9 Å². The zero-order valence-electron chi connectivity index (χ0n) is 10.6. The maximum absolute atomic E-state index is 12.4. The molecule has 0 aromatic carbocycles. The van der Waals surface area contributed by atoms with Crippen molar-refractivity contribution in [3.63, 3.8) is 0 Å². The highest BCUT2D eigenvalue weighted by atomic mass is 16.1. The molecule has 0 aliphatic heterocycles. The van der Waals surface area contributed by atoms with Crippen LogP contribution in [0, 0.1) is 11.8 Å². The van der Waals surface area contributed by atoms with Crippen LogP contribution >= 0.6 is 0 Å². The average molecular weight is 211 g/mol. The molecule has 0 spiro atoms. The van der Waals surface area contributed by atoms with E-state index in [9.17, 15) is 4.79 Å². The van der Waals surface area contributed by atoms with E-state index in [1.54, 1.807) is 0 Å². The lowest BCUT2D eigenvalue weighted by molar-refractivity contribution is -0.131. The maximum Gasteiger partial charge on any atom is 0.155 e. The molecule has 2 unspecified atom stereocenters. The smallest absolute Gasteiger partial charge is 0.155 e. The molecule has 0 saturated heterocycles. The van der Waals surface area contributed by atoms with E-state index in [4.69, 9.17) is 0 Å². The number of nitrogens with one attached hydrogen (secondary N) is 1. The van der Waals surface area contributed by atoms with Crippen molar-refractivity contribution in [2.24, 2.45) is 11.8 Å². The van der Waals surface area contributed by atoms with Gasteiger partial charge in [0.15, 0.2) is 5.78 Å². The van der Waals surface area contributed by atoms with Crippen LogP contribution < -0.4 is 5.32 Å². The fourth-order valence-electron chi connectivity index (χ4n) is 2.63. The van der Waals surface area contributed by atoms with Crippen LogP contribution in [0.4, 0.5) is 0 Å². The number of likely N-dealkylation sites (N-methyl/N-ethyl adjacent to an activating group) is 1. The van der Waals surface area contributed by atoms with E-state index in [1.165, 1.54) is 19.3 Å². The standard InChI is InChI=1S/C13H25NO/c1-5-10-8-6-7-9-11(10)12(15)13(2,3)14-4/h10-11,14H,5-9H2,1-4H3. The molecular weight excluding hydrogens is 186 g/mol. The van der Waals surface area contributed by atoms with Crippen molar-refractivity contribution in [3.05, 3.63) is 0 Å². The molecule has 0 bridgehead atoms. The minimum Gasteiger partial charge on any atom is -0.308 e. The van der Waals surface area contributed by atoms with Crippen molar-refractivity contribution < 1.29 is 4.79 Å². The van der Waals surface area contributed by atoms with E-state index in [-0.39, 0.29) is 5.54 Å². The zero-order valence-corrected chi connectivity index (χ0v) is 10.6. The van der Waals surface area contributed by atoms with Crippen LogP contribution in [0.2, 0.25) is 0 Å². The van der Waals surface area contributed by atoms with Gasteiger partial charge in [0.2, 0.25) is 0 Å². The van der Waals surface area contributed by atoms with Gasteiger partial charge in [0, 0.05) is 5.92 Å². The van der Waals surface area contributed by atoms with Gasteiger partial charge >= 0.3 is 0 Å². The highest BCUT2D eigenvalue weighted by molar-refractivity contribution is 5.89. The Kier molecular flexibility index (Phi) is 4.32. The van der Waals surface area contributed by atoms with Crippen molar-refractivity contribution >= 4 is 5.78 Å². The first kappa shape index (κ1) is 12.7. The molecule has 1 aliphatic rings. The summed E-state index contributed by atoms with van der Waals surface area (Å²) >= 11 is 0. The predicted molar refractivity (Wildman–Crippen MR) is 63.9 cm³/mol. The van der Waals surface area contributed by atoms with Crippen LogP contribution in [0.25, 0.3) is 0 Å². The number of hydrogen-bond acceptors (Lipinski definition) is 2. The molecule has 0 radical (unpaired) electrons. The minimum absolute atomic E-state index is 0.297. The Morgan fingerprint density at radius 2 is 1.93 bits per heavy atom. The normalized spacial score (nSPS) is 27.7. The van der Waals surface area contributed by atoms with Crippen molar-refractivity contribution in [1.29, 1.82) is 0 Å². The minimum atomic E-state index is -0.352. The Bertz CT molecular complexity index is 223. The Labute approximate surface area is 93.8 Å². The molecule has 1 fully saturated rings. The maximum atomic E-state index is 12.4. The number of Topliss-reactive ketones (excluding diaryl/α,β-unsaturated/α-hetero) is 1. The number of carbonyl (C=O) groups excluding carboxylic acids is 1. The molecule has 0 aromatic heterocycles. The summed E-state index contributed by atoms with van der Waals surface area (Å²) in [6.07, 6.45) is 6.03. The van der Waals surface area contributed by atoms with E-state index in [2.05, 4.69) is 12.2 Å². The van der Waals surface area contributed by atoms with Crippen molar-refractivity contribution in [2.45, 2.75) is 58.4 Å². The molecule has 1 N–H and O–H groups in total. The summed E-state index contributed by atoms with van der Waals surface area (Å²) in [5.74, 6) is 1.33. The largest absolute Gasteiger partial charge is 0.308 e. The lowest BCUT2D eigenvalue weighted by Gasteiger charge is -2.35. The molecular formula is C13H25NO. The quantitative estimate of drug-likeness (QED) is 0.774. The third-order valence-corrected chi connectivity index (χ3v) is 4.01. The summed E-state index contributed by atoms with van der Waals surface area (Å²) in [4.78, 5) is 12.4. The molecule has 1 aliphatic carbocycles. The second-order valence-electron chi connectivity index (χ2n) is 5.30. The second kappa shape index (κ2) is 5.11. The van der Waals surface area contributed by atoms with Gasteiger partial charge in [0.05, 0.1) is 5.54 Å². The first-order valence-electron chi connectivity index (χ1n) is 6.26. The summed E-state index contributed by atoms with van der Waals surface area (Å²) in [7, 11) is 1.88. The van der Waals surface area contributed by atoms with Crippen LogP contribution in [0.1, 0.15) is 52.9 Å². The van der Waals surface area contributed by atoms with Gasteiger partial charge in [-0.05, 0) is 39.7 Å². The highest BCUT2D eigenvalue weighted by Gasteiger charge is 2.37. The fourth-order valence-corrected chi connectivity index (χ4v) is 2.63. The number of carbonyl (C=O) groups is 1. The molecule has 2 heteroatoms. The molecule has 2 atom stereocenters. The number of ketones is 1. The van der Waals surface area contributed by atoms with Gasteiger partial charge in [-0.25, -0.2) is 0 Å². The SMILES string of the molecule is CCC1CCCCC1C(=O)C(C)(C)NC. The van der Waals surface area contributed by atoms with Crippen molar-refractivity contribution in [3.8, 4) is 0 Å². The van der Waals surface area contributed by atoms with Gasteiger partial charge in [-0.2, -0.15) is 0 Å². The Balaban J connectivity index is 2.72. The van der Waals surface area contributed by atoms with Gasteiger partial charge in [0.1, 0.15) is 0 Å². The monoisotopic (exact) mass is 211 g/mol. The molecule has 0 amide bonds. The Morgan fingerprint density at radius 1 is 1.33 bits per heavy atom. The average Bonchev–Trinajstić information content (AvgIpc) is 2.28. The molecule has 0 aromatic rings. The van der Waals surface area contributed by atoms with E-state index >= 15 is 0 Å². The fraction of sp³-hybridized carbons (Fsp3) is 0.923. The molecule has 1 saturated carbocycles. The van der Waals surface area contributed by atoms with Crippen LogP contribution in [0.5, 0.6) is 0 Å². The van der Waals surface area contributed by atoms with Crippen molar-refractivity contribution in [2.75, 3.05) is 7.05 Å². The topological polar surface area (TPSA) is 29.1 Å². The zero-order chi connectivity index (χ0) is 11.5. The summed E-state index contributed by atoms with van der Waals surface area (Å²) in [6.45, 7) is 6.20. The van der Waals surface area contributed by atoms with Gasteiger partial charge in [-0.3, -0.25) is 4.79 Å². The van der Waals surface area contributed by atoms with Crippen LogP contribution in [0.15, 0.2) is 0 Å². The van der Waals surface area contributed by atoms with Crippen LogP contribution in [-0.4, -0.2) is 18.4 Å². The Hall–Kier alpha value is -0.370. The summed E-state index contributed by atoms with van der Waals surface area (Å²) < 4.78 is 0. The third kappa shape index (κ3) is 2.81. The molecule has 0 heterocycles.